The van der Waals surface area contributed by atoms with Crippen LogP contribution in [0.1, 0.15) is 41.5 Å². The van der Waals surface area contributed by atoms with Crippen molar-refractivity contribution >= 4 is 7.12 Å². The molecule has 0 N–H and O–H groups in total. The predicted molar refractivity (Wildman–Crippen MR) is 60.3 cm³/mol. The fourth-order valence-corrected chi connectivity index (χ4v) is 2.33. The second-order valence-electron chi connectivity index (χ2n) is 5.45. The predicted octanol–water partition coefficient (Wildman–Crippen LogP) is 2.98. The first-order valence-electron chi connectivity index (χ1n) is 5.56. The first kappa shape index (κ1) is 12.1. The molecule has 82 valence electrons. The monoisotopic (exact) mass is 198 g/mol. The van der Waals surface area contributed by atoms with Gasteiger partial charge in [-0.05, 0) is 39.4 Å². The molecular weight excluding hydrogens is 175 g/mol. The largest absolute Gasteiger partial charge is 0.454 e. The Bertz CT molecular complexity index is 215. The molecule has 0 amide bonds. The molecule has 0 aromatic carbocycles. The minimum atomic E-state index is -0.198. The van der Waals surface area contributed by atoms with Crippen LogP contribution in [0.3, 0.4) is 0 Å². The van der Waals surface area contributed by atoms with E-state index in [-0.39, 0.29) is 18.3 Å². The molecule has 0 aromatic rings. The summed E-state index contributed by atoms with van der Waals surface area (Å²) in [4.78, 5) is 0. The highest BCUT2D eigenvalue weighted by molar-refractivity contribution is 6.43. The maximum atomic E-state index is 5.96. The van der Waals surface area contributed by atoms with Gasteiger partial charge in [-0.2, -0.15) is 0 Å². The second-order valence-corrected chi connectivity index (χ2v) is 5.45. The van der Waals surface area contributed by atoms with Gasteiger partial charge in [0.25, 0.3) is 0 Å². The Hall–Kier alpha value is -0.0151. The molecule has 0 bridgehead atoms. The van der Waals surface area contributed by atoms with E-state index in [1.807, 2.05) is 6.82 Å². The van der Waals surface area contributed by atoms with Gasteiger partial charge in [-0.25, -0.2) is 0 Å². The molecule has 1 aliphatic rings. The van der Waals surface area contributed by atoms with E-state index in [0.29, 0.717) is 11.8 Å². The van der Waals surface area contributed by atoms with Crippen molar-refractivity contribution in [3.63, 3.8) is 0 Å². The molecule has 1 fully saturated rings. The molecule has 2 atom stereocenters. The van der Waals surface area contributed by atoms with Crippen molar-refractivity contribution in [3.8, 4) is 0 Å². The van der Waals surface area contributed by atoms with Crippen LogP contribution in [0.25, 0.3) is 0 Å². The van der Waals surface area contributed by atoms with Crippen LogP contribution in [-0.2, 0) is 9.31 Å². The standard InChI is InChI=1S/C11H23BO2/c1-8(2)9(3)11(6)10(4,5)13-12(7)14-11/h8-9H,1-7H3. The van der Waals surface area contributed by atoms with Gasteiger partial charge in [0.2, 0.25) is 0 Å². The lowest BCUT2D eigenvalue weighted by Gasteiger charge is -2.43. The Labute approximate surface area is 88.5 Å². The first-order chi connectivity index (χ1) is 6.21. The van der Waals surface area contributed by atoms with Crippen molar-refractivity contribution in [1.82, 2.24) is 0 Å². The highest BCUT2D eigenvalue weighted by Crippen LogP contribution is 2.44. The summed E-state index contributed by atoms with van der Waals surface area (Å²) in [6, 6.07) is 0. The van der Waals surface area contributed by atoms with Gasteiger partial charge < -0.3 is 9.31 Å². The lowest BCUT2D eigenvalue weighted by Crippen LogP contribution is -2.51. The summed E-state index contributed by atoms with van der Waals surface area (Å²) in [5.41, 5.74) is -0.378. The molecule has 14 heavy (non-hydrogen) atoms. The van der Waals surface area contributed by atoms with Crippen molar-refractivity contribution in [2.75, 3.05) is 0 Å². The summed E-state index contributed by atoms with van der Waals surface area (Å²) in [6.45, 7) is 15.1. The van der Waals surface area contributed by atoms with Crippen LogP contribution in [0, 0.1) is 11.8 Å². The SMILES string of the molecule is CB1OC(C)(C)C(C)(C(C)C(C)C)O1. The summed E-state index contributed by atoms with van der Waals surface area (Å²) >= 11 is 0. The van der Waals surface area contributed by atoms with Crippen molar-refractivity contribution in [1.29, 1.82) is 0 Å². The molecule has 0 radical (unpaired) electrons. The first-order valence-corrected chi connectivity index (χ1v) is 5.56. The average Bonchev–Trinajstić information content (AvgIpc) is 2.20. The van der Waals surface area contributed by atoms with Crippen molar-refractivity contribution < 1.29 is 9.31 Å². The molecule has 1 aliphatic heterocycles. The topological polar surface area (TPSA) is 18.5 Å². The summed E-state index contributed by atoms with van der Waals surface area (Å²) in [5, 5.41) is 0. The zero-order valence-corrected chi connectivity index (χ0v) is 10.5. The summed E-state index contributed by atoms with van der Waals surface area (Å²) in [5.74, 6) is 1.09. The fraction of sp³-hybridized carbons (Fsp3) is 1.00. The Morgan fingerprint density at radius 3 is 1.79 bits per heavy atom. The lowest BCUT2D eigenvalue weighted by atomic mass is 9.73. The third-order valence-corrected chi connectivity index (χ3v) is 3.94. The smallest absolute Gasteiger partial charge is 0.403 e. The van der Waals surface area contributed by atoms with Gasteiger partial charge in [0.1, 0.15) is 0 Å². The van der Waals surface area contributed by atoms with Gasteiger partial charge in [-0.3, -0.25) is 0 Å². The minimum absolute atomic E-state index is 0.0869. The molecule has 1 heterocycles. The van der Waals surface area contributed by atoms with Crippen LogP contribution >= 0.6 is 0 Å². The highest BCUT2D eigenvalue weighted by atomic mass is 16.7. The summed E-state index contributed by atoms with van der Waals surface area (Å²) in [6.07, 6.45) is 0. The Balaban J connectivity index is 2.93. The maximum absolute atomic E-state index is 5.96. The molecule has 3 heteroatoms. The van der Waals surface area contributed by atoms with E-state index in [0.717, 1.165) is 0 Å². The van der Waals surface area contributed by atoms with E-state index in [1.165, 1.54) is 0 Å². The zero-order chi connectivity index (χ0) is 11.1. The van der Waals surface area contributed by atoms with E-state index < -0.39 is 0 Å². The normalized spacial score (nSPS) is 33.9. The summed E-state index contributed by atoms with van der Waals surface area (Å²) in [7, 11) is -0.0869. The molecule has 0 saturated carbocycles. The molecule has 1 saturated heterocycles. The zero-order valence-electron chi connectivity index (χ0n) is 10.5. The maximum Gasteiger partial charge on any atom is 0.454 e. The van der Waals surface area contributed by atoms with E-state index in [2.05, 4.69) is 41.5 Å². The number of hydrogen-bond donors (Lipinski definition) is 0. The number of rotatable bonds is 2. The molecular formula is C11H23BO2. The van der Waals surface area contributed by atoms with Crippen LogP contribution in [0.2, 0.25) is 6.82 Å². The van der Waals surface area contributed by atoms with Crippen molar-refractivity contribution in [3.05, 3.63) is 0 Å². The molecule has 2 unspecified atom stereocenters. The Kier molecular flexibility index (Phi) is 3.04. The fourth-order valence-electron chi connectivity index (χ4n) is 2.33. The van der Waals surface area contributed by atoms with Gasteiger partial charge in [0.15, 0.2) is 0 Å². The van der Waals surface area contributed by atoms with Gasteiger partial charge in [0.05, 0.1) is 11.2 Å². The molecule has 0 aliphatic carbocycles. The summed E-state index contributed by atoms with van der Waals surface area (Å²) < 4.78 is 11.8. The molecule has 2 nitrogen and oxygen atoms in total. The quantitative estimate of drug-likeness (QED) is 0.635. The van der Waals surface area contributed by atoms with Gasteiger partial charge in [0, 0.05) is 0 Å². The molecule has 0 aromatic heterocycles. The molecule has 0 spiro atoms. The van der Waals surface area contributed by atoms with Gasteiger partial charge in [-0.15, -0.1) is 0 Å². The van der Waals surface area contributed by atoms with E-state index in [9.17, 15) is 0 Å². The van der Waals surface area contributed by atoms with Gasteiger partial charge in [-0.1, -0.05) is 20.8 Å². The third kappa shape index (κ3) is 1.72. The van der Waals surface area contributed by atoms with E-state index in [1.54, 1.807) is 0 Å². The van der Waals surface area contributed by atoms with Crippen molar-refractivity contribution in [2.45, 2.75) is 59.6 Å². The molecule has 1 rings (SSSR count). The van der Waals surface area contributed by atoms with Crippen LogP contribution in [0.15, 0.2) is 0 Å². The Morgan fingerprint density at radius 1 is 1.00 bits per heavy atom. The van der Waals surface area contributed by atoms with Crippen LogP contribution < -0.4 is 0 Å². The Morgan fingerprint density at radius 2 is 1.50 bits per heavy atom. The van der Waals surface area contributed by atoms with E-state index >= 15 is 0 Å². The van der Waals surface area contributed by atoms with Gasteiger partial charge >= 0.3 is 7.12 Å². The van der Waals surface area contributed by atoms with E-state index in [4.69, 9.17) is 9.31 Å². The second kappa shape index (κ2) is 3.53. The third-order valence-electron chi connectivity index (χ3n) is 3.94. The van der Waals surface area contributed by atoms with Crippen molar-refractivity contribution in [2.24, 2.45) is 11.8 Å². The highest BCUT2D eigenvalue weighted by Gasteiger charge is 2.55. The van der Waals surface area contributed by atoms with Crippen LogP contribution in [-0.4, -0.2) is 18.3 Å². The number of hydrogen-bond acceptors (Lipinski definition) is 2. The average molecular weight is 198 g/mol. The lowest BCUT2D eigenvalue weighted by molar-refractivity contribution is -0.0622. The van der Waals surface area contributed by atoms with Crippen LogP contribution in [0.4, 0.5) is 0 Å². The minimum Gasteiger partial charge on any atom is -0.403 e. The van der Waals surface area contributed by atoms with Crippen LogP contribution in [0.5, 0.6) is 0 Å².